The van der Waals surface area contributed by atoms with E-state index in [0.717, 1.165) is 12.8 Å². The molecule has 2 aliphatic rings. The largest absolute Gasteiger partial charge is 0.465 e. The summed E-state index contributed by atoms with van der Waals surface area (Å²) in [5, 5.41) is 14.3. The average molecular weight is 377 g/mol. The Morgan fingerprint density at radius 3 is 2.90 bits per heavy atom. The molecule has 1 fully saturated rings. The van der Waals surface area contributed by atoms with E-state index in [4.69, 9.17) is 44.4 Å². The van der Waals surface area contributed by atoms with Crippen LogP contribution in [0, 0.1) is 5.92 Å². The first-order valence-electron chi connectivity index (χ1n) is 6.62. The molecule has 9 heteroatoms. The van der Waals surface area contributed by atoms with Gasteiger partial charge in [0.05, 0.1) is 24.0 Å². The predicted octanol–water partition coefficient (Wildman–Crippen LogP) is 2.90. The summed E-state index contributed by atoms with van der Waals surface area (Å²) in [6.45, 7) is 2.11. The van der Waals surface area contributed by atoms with Crippen LogP contribution < -0.4 is 0 Å². The number of nitrogens with zero attached hydrogens (tertiary/aromatic N) is 1. The number of carbonyl (C=O) groups is 1. The third kappa shape index (κ3) is 3.55. The van der Waals surface area contributed by atoms with E-state index in [9.17, 15) is 9.90 Å². The van der Waals surface area contributed by atoms with Gasteiger partial charge in [-0.15, -0.1) is 11.8 Å². The van der Waals surface area contributed by atoms with E-state index < -0.39 is 15.5 Å². The Balaban J connectivity index is 2.03. The number of hydrogen-bond donors (Lipinski definition) is 1. The number of alkyl halides is 3. The van der Waals surface area contributed by atoms with Gasteiger partial charge in [-0.1, -0.05) is 46.4 Å². The van der Waals surface area contributed by atoms with Crippen LogP contribution in [0.15, 0.2) is 5.16 Å². The molecule has 0 spiro atoms. The number of ether oxygens (including phenoxy) is 1. The van der Waals surface area contributed by atoms with Crippen LogP contribution in [0.1, 0.15) is 26.2 Å². The molecule has 21 heavy (non-hydrogen) atoms. The summed E-state index contributed by atoms with van der Waals surface area (Å²) in [4.78, 5) is 16.5. The number of halogens is 3. The molecule has 120 valence electrons. The maximum absolute atomic E-state index is 11.4. The number of thioether (sulfide) groups is 1. The molecule has 1 N–H and O–H groups in total. The van der Waals surface area contributed by atoms with Gasteiger partial charge in [0, 0.05) is 5.25 Å². The van der Waals surface area contributed by atoms with Crippen molar-refractivity contribution in [3.63, 3.8) is 0 Å². The van der Waals surface area contributed by atoms with Gasteiger partial charge in [-0.25, -0.2) is 0 Å². The van der Waals surface area contributed by atoms with Crippen LogP contribution in [0.3, 0.4) is 0 Å². The lowest BCUT2D eigenvalue weighted by Gasteiger charge is -2.36. The molecule has 1 aliphatic heterocycles. The van der Waals surface area contributed by atoms with Crippen molar-refractivity contribution in [2.45, 2.75) is 41.0 Å². The van der Waals surface area contributed by atoms with Crippen LogP contribution in [0.25, 0.3) is 0 Å². The summed E-state index contributed by atoms with van der Waals surface area (Å²) in [7, 11) is 0. The molecule has 1 aliphatic carbocycles. The number of hydrogen-bond acceptors (Lipinski definition) is 6. The lowest BCUT2D eigenvalue weighted by atomic mass is 9.82. The van der Waals surface area contributed by atoms with Crippen molar-refractivity contribution in [3.05, 3.63) is 0 Å². The summed E-state index contributed by atoms with van der Waals surface area (Å²) in [6, 6.07) is 0. The van der Waals surface area contributed by atoms with Gasteiger partial charge in [-0.2, -0.15) is 0 Å². The fourth-order valence-corrected chi connectivity index (χ4v) is 4.15. The van der Waals surface area contributed by atoms with Gasteiger partial charge in [0.1, 0.15) is 0 Å². The molecule has 0 amide bonds. The molecule has 1 saturated carbocycles. The van der Waals surface area contributed by atoms with Crippen molar-refractivity contribution >= 4 is 58.2 Å². The van der Waals surface area contributed by atoms with Crippen LogP contribution in [0.4, 0.5) is 0 Å². The normalized spacial score (nSPS) is 32.1. The van der Waals surface area contributed by atoms with Crippen molar-refractivity contribution in [1.29, 1.82) is 0 Å². The third-order valence-electron chi connectivity index (χ3n) is 3.52. The second-order valence-electron chi connectivity index (χ2n) is 4.89. The summed E-state index contributed by atoms with van der Waals surface area (Å²) < 4.78 is 2.91. The molecule has 0 radical (unpaired) electrons. The minimum absolute atomic E-state index is 0.0467. The molecule has 0 unspecified atom stereocenters. The Hall–Kier alpha value is 0.120. The van der Waals surface area contributed by atoms with Crippen LogP contribution >= 0.6 is 46.6 Å². The Morgan fingerprint density at radius 2 is 2.29 bits per heavy atom. The van der Waals surface area contributed by atoms with E-state index in [1.165, 1.54) is 11.8 Å². The van der Waals surface area contributed by atoms with E-state index >= 15 is 0 Å². The summed E-state index contributed by atoms with van der Waals surface area (Å²) in [5.41, 5.74) is 0.643. The highest BCUT2D eigenvalue weighted by atomic mass is 35.6. The molecular formula is C12H16Cl3NO4S. The number of carbonyl (C=O) groups excluding carboxylic acids is 1. The molecular weight excluding hydrogens is 361 g/mol. The second kappa shape index (κ2) is 6.71. The summed E-state index contributed by atoms with van der Waals surface area (Å²) in [6.07, 6.45) is 2.29. The maximum atomic E-state index is 11.4. The fourth-order valence-electron chi connectivity index (χ4n) is 2.52. The van der Waals surface area contributed by atoms with Crippen molar-refractivity contribution in [3.8, 4) is 0 Å². The molecule has 1 heterocycles. The predicted molar refractivity (Wildman–Crippen MR) is 84.0 cm³/mol. The highest BCUT2D eigenvalue weighted by Crippen LogP contribution is 2.51. The van der Waals surface area contributed by atoms with Crippen LogP contribution in [0.2, 0.25) is 0 Å². The zero-order valence-electron chi connectivity index (χ0n) is 11.4. The Morgan fingerprint density at radius 1 is 1.57 bits per heavy atom. The molecule has 0 aromatic rings. The van der Waals surface area contributed by atoms with Gasteiger partial charge >= 0.3 is 5.97 Å². The monoisotopic (exact) mass is 375 g/mol. The Labute approximate surface area is 142 Å². The number of aliphatic hydroxyl groups is 1. The maximum Gasteiger partial charge on any atom is 0.315 e. The van der Waals surface area contributed by atoms with Crippen LogP contribution in [-0.2, 0) is 14.4 Å². The topological polar surface area (TPSA) is 68.1 Å². The van der Waals surface area contributed by atoms with Crippen LogP contribution in [-0.4, -0.2) is 44.0 Å². The van der Waals surface area contributed by atoms with E-state index in [0.29, 0.717) is 18.7 Å². The number of fused-ring (bicyclic) bond motifs is 1. The summed E-state index contributed by atoms with van der Waals surface area (Å²) >= 11 is 18.9. The van der Waals surface area contributed by atoms with Gasteiger partial charge in [0.25, 0.3) is 9.58 Å². The van der Waals surface area contributed by atoms with Crippen molar-refractivity contribution < 1.29 is 19.5 Å². The van der Waals surface area contributed by atoms with Gasteiger partial charge in [-0.3, -0.25) is 4.79 Å². The number of esters is 1. The minimum Gasteiger partial charge on any atom is -0.465 e. The SMILES string of the molecule is CCOC(=O)CS[C@@H]1CCC[C@H]2C1=NO[C@]2(O)C(Cl)(Cl)Cl. The van der Waals surface area contributed by atoms with Gasteiger partial charge < -0.3 is 14.7 Å². The second-order valence-corrected chi connectivity index (χ2v) is 8.36. The molecule has 2 rings (SSSR count). The first-order chi connectivity index (χ1) is 9.79. The Kier molecular flexibility index (Phi) is 5.58. The van der Waals surface area contributed by atoms with Gasteiger partial charge in [0.15, 0.2) is 0 Å². The van der Waals surface area contributed by atoms with E-state index in [2.05, 4.69) is 5.16 Å². The zero-order valence-corrected chi connectivity index (χ0v) is 14.4. The van der Waals surface area contributed by atoms with Gasteiger partial charge in [0.2, 0.25) is 0 Å². The smallest absolute Gasteiger partial charge is 0.315 e. The lowest BCUT2D eigenvalue weighted by molar-refractivity contribution is -0.206. The highest BCUT2D eigenvalue weighted by molar-refractivity contribution is 8.01. The summed E-state index contributed by atoms with van der Waals surface area (Å²) in [5.74, 6) is -2.48. The van der Waals surface area contributed by atoms with E-state index in [1.54, 1.807) is 6.92 Å². The third-order valence-corrected chi connectivity index (χ3v) is 5.62. The molecule has 5 nitrogen and oxygen atoms in total. The van der Waals surface area contributed by atoms with Crippen molar-refractivity contribution in [2.75, 3.05) is 12.4 Å². The average Bonchev–Trinajstić information content (AvgIpc) is 2.76. The highest BCUT2D eigenvalue weighted by Gasteiger charge is 2.62. The van der Waals surface area contributed by atoms with E-state index in [-0.39, 0.29) is 17.0 Å². The standard InChI is InChI=1S/C12H16Cl3NO4S/c1-2-19-9(17)6-21-8-5-3-4-7-10(8)16-20-11(7,18)12(13,14)15/h7-8,18H,2-6H2,1H3/t7-,8+,11-/m0/s1. The molecule has 3 atom stereocenters. The molecule has 0 aromatic carbocycles. The molecule has 0 aromatic heterocycles. The van der Waals surface area contributed by atoms with Crippen molar-refractivity contribution in [2.24, 2.45) is 11.1 Å². The van der Waals surface area contributed by atoms with E-state index in [1.807, 2.05) is 0 Å². The number of rotatable bonds is 4. The quantitative estimate of drug-likeness (QED) is 0.603. The van der Waals surface area contributed by atoms with Crippen LogP contribution in [0.5, 0.6) is 0 Å². The molecule has 0 bridgehead atoms. The lowest BCUT2D eigenvalue weighted by Crippen LogP contribution is -2.52. The van der Waals surface area contributed by atoms with Gasteiger partial charge in [-0.05, 0) is 19.8 Å². The number of oxime groups is 1. The zero-order chi connectivity index (χ0) is 15.7. The molecule has 0 saturated heterocycles. The first kappa shape index (κ1) is 17.5. The minimum atomic E-state index is -1.99. The first-order valence-corrected chi connectivity index (χ1v) is 8.80. The fraction of sp³-hybridized carbons (Fsp3) is 0.833. The Bertz CT molecular complexity index is 443. The van der Waals surface area contributed by atoms with Crippen molar-refractivity contribution in [1.82, 2.24) is 0 Å².